The van der Waals surface area contributed by atoms with Crippen molar-refractivity contribution in [1.82, 2.24) is 20.0 Å². The maximum atomic E-state index is 12.5. The molecule has 23 heavy (non-hydrogen) atoms. The number of aromatic nitrogens is 2. The van der Waals surface area contributed by atoms with Crippen LogP contribution in [-0.2, 0) is 4.74 Å². The Morgan fingerprint density at radius 2 is 1.65 bits per heavy atom. The SMILES string of the molecule is O=C(N1CCOCC1)N1CCN(c2nnc(C3CCC3)o2)CC1. The van der Waals surface area contributed by atoms with Crippen molar-refractivity contribution in [2.24, 2.45) is 0 Å². The Bertz CT molecular complexity index is 545. The minimum atomic E-state index is 0.119. The zero-order valence-corrected chi connectivity index (χ0v) is 13.3. The largest absolute Gasteiger partial charge is 0.408 e. The third-order valence-corrected chi connectivity index (χ3v) is 4.99. The minimum Gasteiger partial charge on any atom is -0.408 e. The van der Waals surface area contributed by atoms with Crippen LogP contribution in [0.1, 0.15) is 31.1 Å². The van der Waals surface area contributed by atoms with Gasteiger partial charge < -0.3 is 23.9 Å². The van der Waals surface area contributed by atoms with Crippen molar-refractivity contribution >= 4 is 12.0 Å². The molecule has 0 unspecified atom stereocenters. The summed E-state index contributed by atoms with van der Waals surface area (Å²) in [5.74, 6) is 1.23. The van der Waals surface area contributed by atoms with Gasteiger partial charge in [0, 0.05) is 45.2 Å². The van der Waals surface area contributed by atoms with E-state index in [1.165, 1.54) is 6.42 Å². The third-order valence-electron chi connectivity index (χ3n) is 4.99. The average Bonchev–Trinajstić information content (AvgIpc) is 3.03. The Morgan fingerprint density at radius 1 is 0.957 bits per heavy atom. The van der Waals surface area contributed by atoms with E-state index in [1.54, 1.807) is 0 Å². The van der Waals surface area contributed by atoms with E-state index < -0.39 is 0 Å². The number of carbonyl (C=O) groups is 1. The minimum absolute atomic E-state index is 0.119. The number of carbonyl (C=O) groups excluding carboxylic acids is 1. The summed E-state index contributed by atoms with van der Waals surface area (Å²) in [4.78, 5) is 18.3. The summed E-state index contributed by atoms with van der Waals surface area (Å²) < 4.78 is 11.1. The van der Waals surface area contributed by atoms with Crippen LogP contribution in [0.15, 0.2) is 4.42 Å². The Labute approximate surface area is 135 Å². The molecule has 1 aromatic heterocycles. The monoisotopic (exact) mass is 321 g/mol. The van der Waals surface area contributed by atoms with E-state index in [0.29, 0.717) is 51.3 Å². The van der Waals surface area contributed by atoms with Gasteiger partial charge in [0.25, 0.3) is 0 Å². The Hall–Kier alpha value is -1.83. The smallest absolute Gasteiger partial charge is 0.320 e. The van der Waals surface area contributed by atoms with E-state index in [9.17, 15) is 4.79 Å². The second-order valence-electron chi connectivity index (χ2n) is 6.41. The molecule has 3 heterocycles. The molecule has 126 valence electrons. The van der Waals surface area contributed by atoms with Crippen LogP contribution in [0.4, 0.5) is 10.8 Å². The number of hydrogen-bond acceptors (Lipinski definition) is 6. The molecule has 8 heteroatoms. The van der Waals surface area contributed by atoms with Crippen molar-refractivity contribution in [3.05, 3.63) is 5.89 Å². The number of morpholine rings is 1. The molecular formula is C15H23N5O3. The predicted molar refractivity (Wildman–Crippen MR) is 82.5 cm³/mol. The second-order valence-corrected chi connectivity index (χ2v) is 6.41. The van der Waals surface area contributed by atoms with Gasteiger partial charge in [-0.05, 0) is 12.8 Å². The lowest BCUT2D eigenvalue weighted by Crippen LogP contribution is -2.54. The molecule has 2 aliphatic heterocycles. The van der Waals surface area contributed by atoms with Crippen LogP contribution in [-0.4, -0.2) is 78.5 Å². The van der Waals surface area contributed by atoms with Crippen molar-refractivity contribution in [3.63, 3.8) is 0 Å². The molecule has 3 aliphatic rings. The fraction of sp³-hybridized carbons (Fsp3) is 0.800. The van der Waals surface area contributed by atoms with E-state index in [4.69, 9.17) is 9.15 Å². The van der Waals surface area contributed by atoms with Crippen LogP contribution >= 0.6 is 0 Å². The van der Waals surface area contributed by atoms with Crippen LogP contribution in [0, 0.1) is 0 Å². The van der Waals surface area contributed by atoms with Gasteiger partial charge in [-0.15, -0.1) is 5.10 Å². The second kappa shape index (κ2) is 6.35. The number of anilines is 1. The lowest BCUT2D eigenvalue weighted by Gasteiger charge is -2.37. The van der Waals surface area contributed by atoms with Gasteiger partial charge in [-0.1, -0.05) is 11.5 Å². The maximum Gasteiger partial charge on any atom is 0.320 e. The fourth-order valence-corrected chi connectivity index (χ4v) is 3.22. The highest BCUT2D eigenvalue weighted by molar-refractivity contribution is 5.74. The first-order valence-corrected chi connectivity index (χ1v) is 8.51. The fourth-order valence-electron chi connectivity index (χ4n) is 3.22. The molecule has 8 nitrogen and oxygen atoms in total. The zero-order valence-electron chi connectivity index (χ0n) is 13.3. The molecule has 1 saturated carbocycles. The van der Waals surface area contributed by atoms with E-state index in [1.807, 2.05) is 9.80 Å². The van der Waals surface area contributed by atoms with Crippen LogP contribution in [0.2, 0.25) is 0 Å². The van der Waals surface area contributed by atoms with Gasteiger partial charge in [-0.25, -0.2) is 4.79 Å². The van der Waals surface area contributed by atoms with E-state index >= 15 is 0 Å². The van der Waals surface area contributed by atoms with E-state index in [-0.39, 0.29) is 6.03 Å². The highest BCUT2D eigenvalue weighted by Crippen LogP contribution is 2.36. The molecule has 0 radical (unpaired) electrons. The van der Waals surface area contributed by atoms with Crippen molar-refractivity contribution < 1.29 is 13.9 Å². The number of ether oxygens (including phenoxy) is 1. The summed E-state index contributed by atoms with van der Waals surface area (Å²) in [6, 6.07) is 0.721. The van der Waals surface area contributed by atoms with Crippen LogP contribution in [0.25, 0.3) is 0 Å². The van der Waals surface area contributed by atoms with Crippen molar-refractivity contribution in [2.75, 3.05) is 57.4 Å². The third kappa shape index (κ3) is 2.99. The number of urea groups is 1. The molecule has 0 bridgehead atoms. The van der Waals surface area contributed by atoms with Gasteiger partial charge in [0.15, 0.2) is 0 Å². The van der Waals surface area contributed by atoms with E-state index in [2.05, 4.69) is 15.1 Å². The topological polar surface area (TPSA) is 74.9 Å². The molecule has 0 atom stereocenters. The summed E-state index contributed by atoms with van der Waals surface area (Å²) in [6.45, 7) is 5.51. The summed E-state index contributed by atoms with van der Waals surface area (Å²) in [6.07, 6.45) is 3.57. The number of hydrogen-bond donors (Lipinski definition) is 0. The predicted octanol–water partition coefficient (Wildman–Crippen LogP) is 0.911. The molecule has 3 fully saturated rings. The first-order valence-electron chi connectivity index (χ1n) is 8.51. The molecule has 0 aromatic carbocycles. The van der Waals surface area contributed by atoms with Crippen LogP contribution in [0.3, 0.4) is 0 Å². The van der Waals surface area contributed by atoms with E-state index in [0.717, 1.165) is 31.8 Å². The summed E-state index contributed by atoms with van der Waals surface area (Å²) in [5, 5.41) is 8.36. The maximum absolute atomic E-state index is 12.5. The van der Waals surface area contributed by atoms with Gasteiger partial charge in [0.1, 0.15) is 0 Å². The van der Waals surface area contributed by atoms with Crippen LogP contribution < -0.4 is 4.90 Å². The Morgan fingerprint density at radius 3 is 2.30 bits per heavy atom. The van der Waals surface area contributed by atoms with Gasteiger partial charge in [-0.3, -0.25) is 0 Å². The number of piperazine rings is 1. The molecule has 4 rings (SSSR count). The van der Waals surface area contributed by atoms with Gasteiger partial charge in [-0.2, -0.15) is 0 Å². The lowest BCUT2D eigenvalue weighted by molar-refractivity contribution is 0.0427. The standard InChI is InChI=1S/C15H23N5O3/c21-15(20-8-10-22-11-9-20)19-6-4-18(5-7-19)14-17-16-13(23-14)12-2-1-3-12/h12H,1-11H2. The molecule has 2 saturated heterocycles. The number of rotatable bonds is 2. The molecule has 0 spiro atoms. The molecular weight excluding hydrogens is 298 g/mol. The van der Waals surface area contributed by atoms with Crippen molar-refractivity contribution in [3.8, 4) is 0 Å². The first kappa shape index (κ1) is 14.7. The normalized spacial score (nSPS) is 23.0. The average molecular weight is 321 g/mol. The summed E-state index contributed by atoms with van der Waals surface area (Å²) >= 11 is 0. The highest BCUT2D eigenvalue weighted by atomic mass is 16.5. The van der Waals surface area contributed by atoms with Gasteiger partial charge in [0.2, 0.25) is 5.89 Å². The molecule has 0 N–H and O–H groups in total. The zero-order chi connectivity index (χ0) is 15.6. The Balaban J connectivity index is 1.31. The van der Waals surface area contributed by atoms with Gasteiger partial charge in [0.05, 0.1) is 13.2 Å². The molecule has 2 amide bonds. The first-order chi connectivity index (χ1) is 11.3. The molecule has 1 aromatic rings. The number of nitrogens with zero attached hydrogens (tertiary/aromatic N) is 5. The Kier molecular flexibility index (Phi) is 4.07. The highest BCUT2D eigenvalue weighted by Gasteiger charge is 2.30. The van der Waals surface area contributed by atoms with Crippen molar-refractivity contribution in [1.29, 1.82) is 0 Å². The lowest BCUT2D eigenvalue weighted by atomic mass is 9.85. The van der Waals surface area contributed by atoms with Crippen molar-refractivity contribution in [2.45, 2.75) is 25.2 Å². The quantitative estimate of drug-likeness (QED) is 0.806. The molecule has 1 aliphatic carbocycles. The van der Waals surface area contributed by atoms with Gasteiger partial charge >= 0.3 is 12.0 Å². The summed E-state index contributed by atoms with van der Waals surface area (Å²) in [5.41, 5.74) is 0. The number of amides is 2. The summed E-state index contributed by atoms with van der Waals surface area (Å²) in [7, 11) is 0. The van der Waals surface area contributed by atoms with Crippen LogP contribution in [0.5, 0.6) is 0 Å².